The molecule has 4 fully saturated rings. The Bertz CT molecular complexity index is 670. The number of esters is 1. The first-order valence-electron chi connectivity index (χ1n) is 8.52. The maximum atomic E-state index is 12.9. The van der Waals surface area contributed by atoms with Crippen molar-refractivity contribution in [1.82, 2.24) is 0 Å². The number of carbonyl (C=O) groups is 2. The first kappa shape index (κ1) is 16.2. The molecule has 0 N–H and O–H groups in total. The predicted octanol–water partition coefficient (Wildman–Crippen LogP) is 4.29. The van der Waals surface area contributed by atoms with Gasteiger partial charge in [-0.15, -0.1) is 0 Å². The van der Waals surface area contributed by atoms with Gasteiger partial charge in [0.2, 0.25) is 0 Å². The Morgan fingerprint density at radius 2 is 1.75 bits per heavy atom. The molecule has 3 nitrogen and oxygen atoms in total. The molecule has 4 bridgehead atoms. The number of ether oxygens (including phenoxy) is 1. The molecular weight excluding hydrogens is 375 g/mol. The maximum Gasteiger partial charge on any atom is 0.312 e. The Morgan fingerprint density at radius 3 is 2.33 bits per heavy atom. The van der Waals surface area contributed by atoms with Gasteiger partial charge in [0.05, 0.1) is 5.41 Å². The first-order chi connectivity index (χ1) is 11.4. The summed E-state index contributed by atoms with van der Waals surface area (Å²) in [4.78, 5) is 24.9. The Morgan fingerprint density at radius 1 is 1.12 bits per heavy atom. The van der Waals surface area contributed by atoms with Crippen LogP contribution in [-0.2, 0) is 9.53 Å². The number of carbonyl (C=O) groups excluding carboxylic acids is 2. The fourth-order valence-corrected chi connectivity index (χ4v) is 6.85. The van der Waals surface area contributed by atoms with Crippen LogP contribution in [0.15, 0.2) is 24.3 Å². The Balaban J connectivity index is 1.43. The second-order valence-electron chi connectivity index (χ2n) is 7.90. The van der Waals surface area contributed by atoms with Gasteiger partial charge in [0.15, 0.2) is 12.4 Å². The summed E-state index contributed by atoms with van der Waals surface area (Å²) in [6.07, 6.45) is 6.11. The lowest BCUT2D eigenvalue weighted by Crippen LogP contribution is -2.56. The highest BCUT2D eigenvalue weighted by Crippen LogP contribution is 2.64. The van der Waals surface area contributed by atoms with Gasteiger partial charge in [0.25, 0.3) is 0 Å². The fraction of sp³-hybridized carbons (Fsp3) is 0.579. The van der Waals surface area contributed by atoms with Crippen LogP contribution in [0.4, 0.5) is 4.39 Å². The van der Waals surface area contributed by atoms with Gasteiger partial charge >= 0.3 is 5.97 Å². The molecule has 0 saturated heterocycles. The van der Waals surface area contributed by atoms with Gasteiger partial charge in [0.1, 0.15) is 5.82 Å². The molecule has 4 aliphatic carbocycles. The van der Waals surface area contributed by atoms with E-state index in [4.69, 9.17) is 4.74 Å². The van der Waals surface area contributed by atoms with Crippen molar-refractivity contribution in [2.45, 2.75) is 42.8 Å². The molecule has 4 saturated carbocycles. The molecule has 4 atom stereocenters. The maximum absolute atomic E-state index is 12.9. The molecule has 2 unspecified atom stereocenters. The summed E-state index contributed by atoms with van der Waals surface area (Å²) in [7, 11) is 0. The first-order valence-corrected chi connectivity index (χ1v) is 9.32. The number of benzene rings is 1. The van der Waals surface area contributed by atoms with Gasteiger partial charge in [-0.1, -0.05) is 15.9 Å². The van der Waals surface area contributed by atoms with E-state index < -0.39 is 5.41 Å². The van der Waals surface area contributed by atoms with Gasteiger partial charge < -0.3 is 4.74 Å². The highest BCUT2D eigenvalue weighted by Gasteiger charge is 2.60. The van der Waals surface area contributed by atoms with Crippen LogP contribution in [0.25, 0.3) is 0 Å². The lowest BCUT2D eigenvalue weighted by molar-refractivity contribution is -0.168. The van der Waals surface area contributed by atoms with Crippen molar-refractivity contribution in [3.05, 3.63) is 35.6 Å². The summed E-state index contributed by atoms with van der Waals surface area (Å²) >= 11 is 3.87. The lowest BCUT2D eigenvalue weighted by Gasteiger charge is -2.58. The molecule has 0 aliphatic heterocycles. The van der Waals surface area contributed by atoms with Crippen LogP contribution < -0.4 is 0 Å². The molecule has 1 aromatic rings. The third-order valence-electron chi connectivity index (χ3n) is 5.92. The monoisotopic (exact) mass is 394 g/mol. The summed E-state index contributed by atoms with van der Waals surface area (Å²) in [5.74, 6) is 0.272. The van der Waals surface area contributed by atoms with Crippen molar-refractivity contribution >= 4 is 27.7 Å². The zero-order valence-corrected chi connectivity index (χ0v) is 15.0. The van der Waals surface area contributed by atoms with E-state index in [1.165, 1.54) is 30.7 Å². The summed E-state index contributed by atoms with van der Waals surface area (Å²) < 4.78 is 18.4. The SMILES string of the molecule is O=C(COC(=O)C12C[C@@H]3C[C@@H](CC(Br)(C3)C1)C2)c1ccc(F)cc1. The molecule has 4 aliphatic rings. The van der Waals surface area contributed by atoms with Crippen molar-refractivity contribution in [1.29, 1.82) is 0 Å². The normalized spacial score (nSPS) is 36.6. The molecular formula is C19H20BrFO3. The minimum atomic E-state index is -0.420. The van der Waals surface area contributed by atoms with Crippen molar-refractivity contribution in [3.8, 4) is 0 Å². The zero-order valence-electron chi connectivity index (χ0n) is 13.4. The molecule has 5 rings (SSSR count). The van der Waals surface area contributed by atoms with E-state index in [9.17, 15) is 14.0 Å². The standard InChI is InChI=1S/C19H20BrFO3/c20-19-8-12-5-13(9-19)7-18(6-12,11-19)17(23)24-10-16(22)14-1-3-15(21)4-2-14/h1-4,12-13H,5-11H2/t12-,13+,18?,19?. The van der Waals surface area contributed by atoms with Crippen LogP contribution in [0.3, 0.4) is 0 Å². The molecule has 0 radical (unpaired) electrons. The highest BCUT2D eigenvalue weighted by molar-refractivity contribution is 9.10. The third-order valence-corrected chi connectivity index (χ3v) is 6.85. The Labute approximate surface area is 149 Å². The van der Waals surface area contributed by atoms with E-state index in [0.717, 1.165) is 32.1 Å². The number of halogens is 2. The van der Waals surface area contributed by atoms with E-state index in [2.05, 4.69) is 15.9 Å². The van der Waals surface area contributed by atoms with Crippen molar-refractivity contribution in [3.63, 3.8) is 0 Å². The minimum Gasteiger partial charge on any atom is -0.457 e. The Kier molecular flexibility index (Phi) is 3.83. The van der Waals surface area contributed by atoms with Gasteiger partial charge in [-0.3, -0.25) is 9.59 Å². The van der Waals surface area contributed by atoms with Crippen molar-refractivity contribution < 1.29 is 18.7 Å². The van der Waals surface area contributed by atoms with E-state index >= 15 is 0 Å². The number of hydrogen-bond acceptors (Lipinski definition) is 3. The average molecular weight is 395 g/mol. The van der Waals surface area contributed by atoms with Crippen molar-refractivity contribution in [2.75, 3.05) is 6.61 Å². The van der Waals surface area contributed by atoms with E-state index in [1.54, 1.807) is 0 Å². The third kappa shape index (κ3) is 2.81. The van der Waals surface area contributed by atoms with Crippen LogP contribution in [0.1, 0.15) is 48.9 Å². The average Bonchev–Trinajstić information content (AvgIpc) is 2.50. The molecule has 0 spiro atoms. The topological polar surface area (TPSA) is 43.4 Å². The van der Waals surface area contributed by atoms with Gasteiger partial charge in [-0.05, 0) is 74.6 Å². The number of hydrogen-bond donors (Lipinski definition) is 0. The number of ketones is 1. The van der Waals surface area contributed by atoms with E-state index in [1.807, 2.05) is 0 Å². The molecule has 128 valence electrons. The van der Waals surface area contributed by atoms with Crippen LogP contribution >= 0.6 is 15.9 Å². The molecule has 0 amide bonds. The van der Waals surface area contributed by atoms with Gasteiger partial charge in [0, 0.05) is 9.89 Å². The van der Waals surface area contributed by atoms with Crippen LogP contribution in [0, 0.1) is 23.1 Å². The summed E-state index contributed by atoms with van der Waals surface area (Å²) in [6, 6.07) is 5.32. The zero-order chi connectivity index (χ0) is 16.9. The second-order valence-corrected chi connectivity index (χ2v) is 9.58. The molecule has 0 aromatic heterocycles. The lowest BCUT2D eigenvalue weighted by atomic mass is 9.49. The molecule has 5 heteroatoms. The molecule has 24 heavy (non-hydrogen) atoms. The van der Waals surface area contributed by atoms with Gasteiger partial charge in [-0.25, -0.2) is 4.39 Å². The largest absolute Gasteiger partial charge is 0.457 e. The summed E-state index contributed by atoms with van der Waals surface area (Å²) in [5, 5.41) is 0. The van der Waals surface area contributed by atoms with E-state index in [0.29, 0.717) is 17.4 Å². The number of alkyl halides is 1. The fourth-order valence-electron chi connectivity index (χ4n) is 5.39. The van der Waals surface area contributed by atoms with E-state index in [-0.39, 0.29) is 28.5 Å². The van der Waals surface area contributed by atoms with Crippen molar-refractivity contribution in [2.24, 2.45) is 17.3 Å². The molecule has 1 aromatic carbocycles. The second kappa shape index (κ2) is 5.65. The van der Waals surface area contributed by atoms with Crippen LogP contribution in [0.2, 0.25) is 0 Å². The highest BCUT2D eigenvalue weighted by atomic mass is 79.9. The number of rotatable bonds is 4. The minimum absolute atomic E-state index is 0.0804. The Hall–Kier alpha value is -1.23. The van der Waals surface area contributed by atoms with Crippen LogP contribution in [-0.4, -0.2) is 22.7 Å². The van der Waals surface area contributed by atoms with Crippen LogP contribution in [0.5, 0.6) is 0 Å². The predicted molar refractivity (Wildman–Crippen MR) is 90.5 cm³/mol. The number of Topliss-reactive ketones (excluding diaryl/α,β-unsaturated/α-hetero) is 1. The molecule has 0 heterocycles. The smallest absolute Gasteiger partial charge is 0.312 e. The summed E-state index contributed by atoms with van der Waals surface area (Å²) in [6.45, 7) is -0.267. The quantitative estimate of drug-likeness (QED) is 0.434. The summed E-state index contributed by atoms with van der Waals surface area (Å²) in [5.41, 5.74) is -0.0527. The van der Waals surface area contributed by atoms with Gasteiger partial charge in [-0.2, -0.15) is 0 Å².